The number of aliphatic imine (C=N–C) groups is 1. The second-order valence-corrected chi connectivity index (χ2v) is 6.61. The number of hydrogen-bond donors (Lipinski definition) is 2. The third-order valence-electron chi connectivity index (χ3n) is 3.86. The van der Waals surface area contributed by atoms with Gasteiger partial charge in [0.1, 0.15) is 0 Å². The molecule has 4 N–H and O–H groups in total. The van der Waals surface area contributed by atoms with Crippen molar-refractivity contribution in [1.29, 1.82) is 0 Å². The summed E-state index contributed by atoms with van der Waals surface area (Å²) >= 11 is 1.46. The summed E-state index contributed by atoms with van der Waals surface area (Å²) in [6.45, 7) is 4.64. The lowest BCUT2D eigenvalue weighted by molar-refractivity contribution is -0.118. The Bertz CT molecular complexity index is 792. The van der Waals surface area contributed by atoms with Crippen LogP contribution in [0.2, 0.25) is 0 Å². The van der Waals surface area contributed by atoms with Gasteiger partial charge in [-0.15, -0.1) is 0 Å². The van der Waals surface area contributed by atoms with E-state index >= 15 is 0 Å². The summed E-state index contributed by atoms with van der Waals surface area (Å²) in [4.78, 5) is 23.4. The van der Waals surface area contributed by atoms with E-state index in [-0.39, 0.29) is 11.9 Å². The van der Waals surface area contributed by atoms with E-state index in [0.717, 1.165) is 34.8 Å². The number of benzene rings is 1. The molecule has 0 saturated heterocycles. The number of aryl methyl sites for hydroxylation is 1. The van der Waals surface area contributed by atoms with Crippen LogP contribution in [-0.4, -0.2) is 23.4 Å². The lowest BCUT2D eigenvalue weighted by Gasteiger charge is -2.16. The van der Waals surface area contributed by atoms with E-state index < -0.39 is 0 Å². The summed E-state index contributed by atoms with van der Waals surface area (Å²) in [5, 5.41) is 0.556. The second kappa shape index (κ2) is 6.00. The van der Waals surface area contributed by atoms with Crippen LogP contribution in [0.25, 0.3) is 11.3 Å². The molecule has 3 rings (SSSR count). The number of thiazole rings is 1. The number of anilines is 1. The number of fused-ring (bicyclic) bond motifs is 1. The summed E-state index contributed by atoms with van der Waals surface area (Å²) in [6.07, 6.45) is 1.40. The van der Waals surface area contributed by atoms with E-state index in [1.165, 1.54) is 16.9 Å². The number of hydrogen-bond acceptors (Lipinski definition) is 4. The van der Waals surface area contributed by atoms with Crippen LogP contribution >= 0.6 is 11.3 Å². The van der Waals surface area contributed by atoms with Crippen LogP contribution in [0.15, 0.2) is 23.2 Å². The quantitative estimate of drug-likeness (QED) is 0.667. The van der Waals surface area contributed by atoms with Gasteiger partial charge in [0.25, 0.3) is 0 Å². The van der Waals surface area contributed by atoms with Gasteiger partial charge in [0.2, 0.25) is 11.0 Å². The summed E-state index contributed by atoms with van der Waals surface area (Å²) in [7, 11) is 0. The van der Waals surface area contributed by atoms with E-state index in [9.17, 15) is 4.79 Å². The minimum Gasteiger partial charge on any atom is -0.370 e. The van der Waals surface area contributed by atoms with Crippen LogP contribution in [0.4, 0.5) is 10.8 Å². The number of rotatable bonds is 3. The van der Waals surface area contributed by atoms with Gasteiger partial charge in [0.05, 0.1) is 5.69 Å². The molecule has 0 unspecified atom stereocenters. The van der Waals surface area contributed by atoms with Gasteiger partial charge in [-0.3, -0.25) is 4.79 Å². The van der Waals surface area contributed by atoms with E-state index in [2.05, 4.69) is 16.0 Å². The SMILES string of the molecule is CCC(=O)N1CCc2cc(-c3nc(N=C(N)N)sc3C)ccc21. The van der Waals surface area contributed by atoms with Gasteiger partial charge in [0, 0.05) is 29.1 Å². The number of guanidine groups is 1. The fraction of sp³-hybridized carbons (Fsp3) is 0.312. The number of nitrogens with two attached hydrogens (primary N) is 2. The zero-order valence-electron chi connectivity index (χ0n) is 13.2. The fourth-order valence-electron chi connectivity index (χ4n) is 2.81. The molecule has 1 amide bonds. The highest BCUT2D eigenvalue weighted by Gasteiger charge is 2.24. The Hall–Kier alpha value is -2.41. The summed E-state index contributed by atoms with van der Waals surface area (Å²) < 4.78 is 0. The van der Waals surface area contributed by atoms with Gasteiger partial charge in [-0.05, 0) is 31.0 Å². The number of carbonyl (C=O) groups excluding carboxylic acids is 1. The Kier molecular flexibility index (Phi) is 4.04. The maximum Gasteiger partial charge on any atom is 0.226 e. The molecule has 0 radical (unpaired) electrons. The summed E-state index contributed by atoms with van der Waals surface area (Å²) in [6, 6.07) is 6.12. The smallest absolute Gasteiger partial charge is 0.226 e. The molecule has 0 spiro atoms. The van der Waals surface area contributed by atoms with Crippen LogP contribution in [-0.2, 0) is 11.2 Å². The molecule has 120 valence electrons. The molecule has 0 aliphatic carbocycles. The average molecular weight is 329 g/mol. The fourth-order valence-corrected chi connectivity index (χ4v) is 3.63. The number of amides is 1. The lowest BCUT2D eigenvalue weighted by Crippen LogP contribution is -2.27. The molecule has 0 bridgehead atoms. The van der Waals surface area contributed by atoms with Crippen molar-refractivity contribution in [2.75, 3.05) is 11.4 Å². The van der Waals surface area contributed by atoms with Crippen LogP contribution < -0.4 is 16.4 Å². The molecule has 2 heterocycles. The molecule has 1 aliphatic rings. The highest BCUT2D eigenvalue weighted by atomic mass is 32.1. The minimum absolute atomic E-state index is 0.00738. The first kappa shape index (κ1) is 15.5. The average Bonchev–Trinajstić information content (AvgIpc) is 3.08. The standard InChI is InChI=1S/C16H19N5OS/c1-3-13(22)21-7-6-10-8-11(4-5-12(10)21)14-9(2)23-16(19-14)20-15(17)18/h4-5,8H,3,6-7H2,1-2H3,(H4,17,18,19,20). The Morgan fingerprint density at radius 1 is 1.43 bits per heavy atom. The molecule has 0 atom stereocenters. The topological polar surface area (TPSA) is 97.6 Å². The first-order valence-electron chi connectivity index (χ1n) is 7.50. The number of carbonyl (C=O) groups is 1. The van der Waals surface area contributed by atoms with E-state index in [4.69, 9.17) is 11.5 Å². The van der Waals surface area contributed by atoms with Crippen molar-refractivity contribution >= 4 is 34.0 Å². The lowest BCUT2D eigenvalue weighted by atomic mass is 10.1. The largest absolute Gasteiger partial charge is 0.370 e. The van der Waals surface area contributed by atoms with Gasteiger partial charge in [0.15, 0.2) is 5.96 Å². The zero-order valence-corrected chi connectivity index (χ0v) is 14.0. The molecule has 1 aromatic heterocycles. The molecule has 0 saturated carbocycles. The van der Waals surface area contributed by atoms with Crippen LogP contribution in [0.5, 0.6) is 0 Å². The second-order valence-electron chi connectivity index (χ2n) is 5.43. The monoisotopic (exact) mass is 329 g/mol. The molecule has 6 nitrogen and oxygen atoms in total. The van der Waals surface area contributed by atoms with Crippen LogP contribution in [0.1, 0.15) is 23.8 Å². The third kappa shape index (κ3) is 2.92. The highest BCUT2D eigenvalue weighted by Crippen LogP contribution is 2.36. The van der Waals surface area contributed by atoms with Gasteiger partial charge in [-0.2, -0.15) is 4.99 Å². The van der Waals surface area contributed by atoms with Crippen molar-refractivity contribution in [2.45, 2.75) is 26.7 Å². The summed E-state index contributed by atoms with van der Waals surface area (Å²) in [5.41, 5.74) is 14.9. The normalized spacial score (nSPS) is 13.0. The molecule has 0 fully saturated rings. The highest BCUT2D eigenvalue weighted by molar-refractivity contribution is 7.15. The van der Waals surface area contributed by atoms with Gasteiger partial charge >= 0.3 is 0 Å². The Morgan fingerprint density at radius 3 is 2.91 bits per heavy atom. The number of nitrogens with zero attached hydrogens (tertiary/aromatic N) is 3. The third-order valence-corrected chi connectivity index (χ3v) is 4.73. The molecular weight excluding hydrogens is 310 g/mol. The minimum atomic E-state index is 0.00738. The summed E-state index contributed by atoms with van der Waals surface area (Å²) in [5.74, 6) is 0.171. The molecule has 2 aromatic rings. The Labute approximate surface area is 138 Å². The molecule has 1 aliphatic heterocycles. The first-order chi connectivity index (χ1) is 11.0. The predicted octanol–water partition coefficient (Wildman–Crippen LogP) is 2.32. The van der Waals surface area contributed by atoms with Crippen LogP contribution in [0, 0.1) is 6.92 Å². The van der Waals surface area contributed by atoms with E-state index in [0.29, 0.717) is 11.6 Å². The molecule has 23 heavy (non-hydrogen) atoms. The van der Waals surface area contributed by atoms with Crippen molar-refractivity contribution in [3.63, 3.8) is 0 Å². The Morgan fingerprint density at radius 2 is 2.22 bits per heavy atom. The van der Waals surface area contributed by atoms with Gasteiger partial charge in [-0.1, -0.05) is 24.3 Å². The van der Waals surface area contributed by atoms with Crippen molar-refractivity contribution < 1.29 is 4.79 Å². The molecule has 7 heteroatoms. The van der Waals surface area contributed by atoms with Crippen LogP contribution in [0.3, 0.4) is 0 Å². The van der Waals surface area contributed by atoms with Gasteiger partial charge in [-0.25, -0.2) is 4.98 Å². The van der Waals surface area contributed by atoms with Crippen molar-refractivity contribution in [3.8, 4) is 11.3 Å². The van der Waals surface area contributed by atoms with Crippen molar-refractivity contribution in [2.24, 2.45) is 16.5 Å². The Balaban J connectivity index is 1.96. The van der Waals surface area contributed by atoms with E-state index in [1.807, 2.05) is 30.9 Å². The zero-order chi connectivity index (χ0) is 16.6. The molecular formula is C16H19N5OS. The maximum atomic E-state index is 12.0. The van der Waals surface area contributed by atoms with E-state index in [1.54, 1.807) is 0 Å². The van der Waals surface area contributed by atoms with Gasteiger partial charge < -0.3 is 16.4 Å². The predicted molar refractivity (Wildman–Crippen MR) is 94.1 cm³/mol. The first-order valence-corrected chi connectivity index (χ1v) is 8.32. The van der Waals surface area contributed by atoms with Crippen molar-refractivity contribution in [3.05, 3.63) is 28.6 Å². The van der Waals surface area contributed by atoms with Crippen molar-refractivity contribution in [1.82, 2.24) is 4.98 Å². The maximum absolute atomic E-state index is 12.0. The number of aromatic nitrogens is 1. The molecule has 1 aromatic carbocycles.